The standard InChI is InChI=1S/C11H11N3O3/c1-14-7-5-3-2-4-6(7)9(15)8(11(14)17)10(16)13-12/h2-5,8H,12H2,1H3,(H,13,16). The Bertz CT molecular complexity index is 512. The number of fused-ring (bicyclic) bond motifs is 1. The Morgan fingerprint density at radius 3 is 2.65 bits per heavy atom. The van der Waals surface area contributed by atoms with Gasteiger partial charge in [-0.3, -0.25) is 19.8 Å². The summed E-state index contributed by atoms with van der Waals surface area (Å²) in [6.07, 6.45) is 0. The number of para-hydroxylation sites is 1. The van der Waals surface area contributed by atoms with Gasteiger partial charge in [-0.1, -0.05) is 12.1 Å². The van der Waals surface area contributed by atoms with Crippen LogP contribution < -0.4 is 16.2 Å². The first kappa shape index (κ1) is 11.3. The molecule has 1 atom stereocenters. The molecular formula is C11H11N3O3. The summed E-state index contributed by atoms with van der Waals surface area (Å²) in [5, 5.41) is 0. The highest BCUT2D eigenvalue weighted by Gasteiger charge is 2.42. The highest BCUT2D eigenvalue weighted by molar-refractivity contribution is 6.30. The number of amides is 2. The second-order valence-electron chi connectivity index (χ2n) is 3.72. The Morgan fingerprint density at radius 1 is 1.35 bits per heavy atom. The Balaban J connectivity index is 2.54. The van der Waals surface area contributed by atoms with Gasteiger partial charge in [0.15, 0.2) is 11.7 Å². The SMILES string of the molecule is CN1C(=O)C(C(=O)NN)C(=O)c2ccccc21. The summed E-state index contributed by atoms with van der Waals surface area (Å²) in [5.74, 6) is 1.70. The number of anilines is 1. The van der Waals surface area contributed by atoms with Gasteiger partial charge in [-0.05, 0) is 12.1 Å². The first-order chi connectivity index (χ1) is 8.07. The summed E-state index contributed by atoms with van der Waals surface area (Å²) in [7, 11) is 1.52. The van der Waals surface area contributed by atoms with Crippen LogP contribution in [-0.2, 0) is 9.59 Å². The van der Waals surface area contributed by atoms with Crippen LogP contribution >= 0.6 is 0 Å². The maximum atomic E-state index is 12.0. The van der Waals surface area contributed by atoms with E-state index >= 15 is 0 Å². The van der Waals surface area contributed by atoms with Crippen LogP contribution in [0.1, 0.15) is 10.4 Å². The fourth-order valence-electron chi connectivity index (χ4n) is 1.87. The van der Waals surface area contributed by atoms with Gasteiger partial charge in [0.05, 0.1) is 5.69 Å². The largest absolute Gasteiger partial charge is 0.314 e. The van der Waals surface area contributed by atoms with Crippen molar-refractivity contribution in [3.8, 4) is 0 Å². The number of carbonyl (C=O) groups excluding carboxylic acids is 3. The quantitative estimate of drug-likeness (QED) is 0.294. The minimum atomic E-state index is -1.39. The van der Waals surface area contributed by atoms with Gasteiger partial charge in [0.1, 0.15) is 0 Å². The molecule has 0 saturated carbocycles. The lowest BCUT2D eigenvalue weighted by atomic mass is 9.90. The zero-order valence-corrected chi connectivity index (χ0v) is 9.14. The Hall–Kier alpha value is -2.21. The minimum Gasteiger partial charge on any atom is -0.314 e. The topological polar surface area (TPSA) is 92.5 Å². The van der Waals surface area contributed by atoms with Gasteiger partial charge >= 0.3 is 0 Å². The molecule has 0 aliphatic carbocycles. The number of Topliss-reactive ketones (excluding diaryl/α,β-unsaturated/α-hetero) is 1. The van der Waals surface area contributed by atoms with E-state index in [9.17, 15) is 14.4 Å². The Morgan fingerprint density at radius 2 is 2.00 bits per heavy atom. The molecule has 1 heterocycles. The van der Waals surface area contributed by atoms with E-state index in [4.69, 9.17) is 5.84 Å². The van der Waals surface area contributed by atoms with Gasteiger partial charge in [-0.15, -0.1) is 0 Å². The van der Waals surface area contributed by atoms with Crippen molar-refractivity contribution in [3.63, 3.8) is 0 Å². The number of hydrazine groups is 1. The van der Waals surface area contributed by atoms with Crippen molar-refractivity contribution in [1.82, 2.24) is 5.43 Å². The summed E-state index contributed by atoms with van der Waals surface area (Å²) in [6, 6.07) is 6.64. The molecule has 0 spiro atoms. The van der Waals surface area contributed by atoms with E-state index < -0.39 is 23.5 Å². The molecule has 1 aromatic carbocycles. The molecule has 0 radical (unpaired) electrons. The first-order valence-corrected chi connectivity index (χ1v) is 4.99. The average Bonchev–Trinajstić information content (AvgIpc) is 2.36. The fraction of sp³-hybridized carbons (Fsp3) is 0.182. The Labute approximate surface area is 97.4 Å². The van der Waals surface area contributed by atoms with E-state index in [1.54, 1.807) is 24.3 Å². The molecule has 1 unspecified atom stereocenters. The van der Waals surface area contributed by atoms with Crippen molar-refractivity contribution in [2.75, 3.05) is 11.9 Å². The second-order valence-corrected chi connectivity index (χ2v) is 3.72. The summed E-state index contributed by atoms with van der Waals surface area (Å²) in [6.45, 7) is 0. The van der Waals surface area contributed by atoms with E-state index in [0.717, 1.165) is 0 Å². The molecule has 2 amide bonds. The maximum Gasteiger partial charge on any atom is 0.254 e. The molecule has 2 rings (SSSR count). The van der Waals surface area contributed by atoms with Crippen molar-refractivity contribution in [2.45, 2.75) is 0 Å². The van der Waals surface area contributed by atoms with Crippen LogP contribution in [0.3, 0.4) is 0 Å². The third-order valence-electron chi connectivity index (χ3n) is 2.78. The third-order valence-corrected chi connectivity index (χ3v) is 2.78. The summed E-state index contributed by atoms with van der Waals surface area (Å²) in [5.41, 5.74) is 2.69. The lowest BCUT2D eigenvalue weighted by Gasteiger charge is -2.29. The predicted octanol–water partition coefficient (Wildman–Crippen LogP) is -0.548. The number of rotatable bonds is 1. The first-order valence-electron chi connectivity index (χ1n) is 4.99. The number of hydrogen-bond acceptors (Lipinski definition) is 4. The number of nitrogens with two attached hydrogens (primary N) is 1. The lowest BCUT2D eigenvalue weighted by Crippen LogP contribution is -2.51. The molecule has 3 N–H and O–H groups in total. The molecule has 0 fully saturated rings. The van der Waals surface area contributed by atoms with Crippen LogP contribution in [0.4, 0.5) is 5.69 Å². The van der Waals surface area contributed by atoms with E-state index in [2.05, 4.69) is 0 Å². The van der Waals surface area contributed by atoms with Gasteiger partial charge in [0.2, 0.25) is 5.91 Å². The smallest absolute Gasteiger partial charge is 0.254 e. The molecule has 1 aromatic rings. The number of ketones is 1. The van der Waals surface area contributed by atoms with Gasteiger partial charge in [-0.2, -0.15) is 0 Å². The zero-order valence-electron chi connectivity index (χ0n) is 9.14. The van der Waals surface area contributed by atoms with Crippen molar-refractivity contribution in [3.05, 3.63) is 29.8 Å². The number of hydrogen-bond donors (Lipinski definition) is 2. The van der Waals surface area contributed by atoms with Crippen molar-refractivity contribution in [1.29, 1.82) is 0 Å². The van der Waals surface area contributed by atoms with E-state index in [1.165, 1.54) is 11.9 Å². The minimum absolute atomic E-state index is 0.350. The lowest BCUT2D eigenvalue weighted by molar-refractivity contribution is -0.131. The monoisotopic (exact) mass is 233 g/mol. The summed E-state index contributed by atoms with van der Waals surface area (Å²) in [4.78, 5) is 36.6. The van der Waals surface area contributed by atoms with E-state index in [1.807, 2.05) is 5.43 Å². The average molecular weight is 233 g/mol. The Kier molecular flexibility index (Phi) is 2.64. The number of benzene rings is 1. The number of nitrogens with one attached hydrogen (secondary N) is 1. The van der Waals surface area contributed by atoms with Crippen LogP contribution in [-0.4, -0.2) is 24.6 Å². The normalized spacial score (nSPS) is 18.9. The van der Waals surface area contributed by atoms with E-state index in [0.29, 0.717) is 11.3 Å². The van der Waals surface area contributed by atoms with Gasteiger partial charge in [-0.25, -0.2) is 5.84 Å². The fourth-order valence-corrected chi connectivity index (χ4v) is 1.87. The third kappa shape index (κ3) is 1.58. The molecule has 6 heteroatoms. The molecule has 1 aliphatic rings. The summed E-state index contributed by atoms with van der Waals surface area (Å²) >= 11 is 0. The maximum absolute atomic E-state index is 12.0. The predicted molar refractivity (Wildman–Crippen MR) is 60.0 cm³/mol. The van der Waals surface area contributed by atoms with Crippen LogP contribution in [0.2, 0.25) is 0 Å². The molecule has 17 heavy (non-hydrogen) atoms. The molecule has 0 aromatic heterocycles. The van der Waals surface area contributed by atoms with Gasteiger partial charge < -0.3 is 4.90 Å². The molecule has 88 valence electrons. The molecule has 1 aliphatic heterocycles. The highest BCUT2D eigenvalue weighted by Crippen LogP contribution is 2.29. The molecule has 6 nitrogen and oxygen atoms in total. The summed E-state index contributed by atoms with van der Waals surface area (Å²) < 4.78 is 0. The van der Waals surface area contributed by atoms with Crippen molar-refractivity contribution >= 4 is 23.3 Å². The van der Waals surface area contributed by atoms with Crippen LogP contribution in [0.25, 0.3) is 0 Å². The zero-order chi connectivity index (χ0) is 12.6. The van der Waals surface area contributed by atoms with Crippen LogP contribution in [0.15, 0.2) is 24.3 Å². The molecule has 0 bridgehead atoms. The van der Waals surface area contributed by atoms with E-state index in [-0.39, 0.29) is 0 Å². The van der Waals surface area contributed by atoms with Gasteiger partial charge in [0, 0.05) is 12.6 Å². The number of carbonyl (C=O) groups is 3. The van der Waals surface area contributed by atoms with Crippen molar-refractivity contribution in [2.24, 2.45) is 11.8 Å². The van der Waals surface area contributed by atoms with Gasteiger partial charge in [0.25, 0.3) is 5.91 Å². The van der Waals surface area contributed by atoms with Crippen LogP contribution in [0.5, 0.6) is 0 Å². The van der Waals surface area contributed by atoms with Crippen LogP contribution in [0, 0.1) is 5.92 Å². The second kappa shape index (κ2) is 3.99. The molecular weight excluding hydrogens is 222 g/mol. The number of nitrogens with zero attached hydrogens (tertiary/aromatic N) is 1. The highest BCUT2D eigenvalue weighted by atomic mass is 16.2. The molecule has 0 saturated heterocycles. The van der Waals surface area contributed by atoms with Crippen molar-refractivity contribution < 1.29 is 14.4 Å².